The predicted molar refractivity (Wildman–Crippen MR) is 473 cm³/mol. The van der Waals surface area contributed by atoms with Crippen molar-refractivity contribution in [1.82, 2.24) is 92.0 Å². The number of aromatic hydroxyl groups is 1. The molecule has 48 nitrogen and oxygen atoms in total. The van der Waals surface area contributed by atoms with Crippen LogP contribution >= 0.6 is 0 Å². The van der Waals surface area contributed by atoms with Crippen LogP contribution in [0, 0.1) is 103 Å². The Balaban J connectivity index is 0.0000190. The van der Waals surface area contributed by atoms with Gasteiger partial charge in [0, 0.05) is 248 Å². The molecule has 0 radical (unpaired) electrons. The normalized spacial score (nSPS) is 21.1. The molecule has 135 heavy (non-hydrogen) atoms. The van der Waals surface area contributed by atoms with Gasteiger partial charge < -0.3 is 100 Å². The van der Waals surface area contributed by atoms with E-state index in [2.05, 4.69) is 47.9 Å². The second-order valence-corrected chi connectivity index (χ2v) is 34.3. The van der Waals surface area contributed by atoms with Crippen LogP contribution < -0.4 is 59.3 Å². The molecule has 4 aliphatic heterocycles. The summed E-state index contributed by atoms with van der Waals surface area (Å²) in [6.07, 6.45) is 3.35. The summed E-state index contributed by atoms with van der Waals surface area (Å²) in [5, 5.41) is 109. The molecule has 0 aromatic heterocycles. The van der Waals surface area contributed by atoms with Gasteiger partial charge in [-0.25, -0.2) is 0 Å². The van der Waals surface area contributed by atoms with E-state index in [1.807, 2.05) is 0 Å². The second kappa shape index (κ2) is 63.2. The van der Waals surface area contributed by atoms with Crippen LogP contribution in [0.5, 0.6) is 5.75 Å². The van der Waals surface area contributed by atoms with Gasteiger partial charge in [-0.15, -0.1) is 0 Å². The van der Waals surface area contributed by atoms with E-state index in [9.17, 15) is 132 Å². The molecule has 6 rings (SSSR count). The number of phenols is 1. The number of imide groups is 1. The van der Waals surface area contributed by atoms with Crippen molar-refractivity contribution in [3.63, 3.8) is 0 Å². The summed E-state index contributed by atoms with van der Waals surface area (Å²) in [6, 6.07) is -1.62. The number of nitrogens with two attached hydrogens (primary N) is 2. The Morgan fingerprint density at radius 2 is 0.844 bits per heavy atom. The van der Waals surface area contributed by atoms with Crippen LogP contribution in [0.15, 0.2) is 36.0 Å². The van der Waals surface area contributed by atoms with Gasteiger partial charge in [0.05, 0.1) is 71.2 Å². The third-order valence-corrected chi connectivity index (χ3v) is 23.7. The van der Waals surface area contributed by atoms with Crippen LogP contribution in [-0.2, 0) is 97.5 Å². The molecule has 22 N–H and O–H groups in total. The number of amidine groups is 1. The van der Waals surface area contributed by atoms with E-state index in [1.54, 1.807) is 39.2 Å². The van der Waals surface area contributed by atoms with Crippen LogP contribution in [0.2, 0.25) is 0 Å². The number of aliphatic carboxylic acids is 7. The number of carboxylic acid groups (broad SMARTS) is 7. The van der Waals surface area contributed by atoms with Gasteiger partial charge in [-0.05, 0) is 114 Å². The van der Waals surface area contributed by atoms with Gasteiger partial charge in [0.15, 0.2) is 0 Å². The fourth-order valence-electron chi connectivity index (χ4n) is 16.3. The van der Waals surface area contributed by atoms with E-state index in [1.165, 1.54) is 24.3 Å². The molecule has 3 saturated heterocycles. The molecule has 1 aliphatic carbocycles. The van der Waals surface area contributed by atoms with E-state index in [4.69, 9.17) is 16.9 Å². The van der Waals surface area contributed by atoms with Gasteiger partial charge in [-0.3, -0.25) is 141 Å². The number of amides is 11. The van der Waals surface area contributed by atoms with Crippen molar-refractivity contribution >= 4 is 118 Å². The number of unbranched alkanes of at least 4 members (excludes halogenated alkanes) is 4. The van der Waals surface area contributed by atoms with Gasteiger partial charge in [0.1, 0.15) is 47.4 Å². The van der Waals surface area contributed by atoms with Crippen LogP contribution in [0.25, 0.3) is 0 Å². The zero-order valence-electron chi connectivity index (χ0n) is 75.9. The average Bonchev–Trinajstić information content (AvgIpc) is 1.66. The molecule has 5 aliphatic rings. The number of nitrogens with one attached hydrogen (secondary N) is 10. The number of carboxylic acids is 7. The number of nitrogens with zero attached hydrogens (tertiary/aromatic N) is 9. The first-order chi connectivity index (χ1) is 63.2. The summed E-state index contributed by atoms with van der Waals surface area (Å²) >= 11 is 0. The molecule has 1 aromatic rings. The Labute approximate surface area is 845 Å². The minimum Gasteiger partial charge on any atom is -0.508 e. The molecular weight excluding hydrogens is 2060 g/mol. The van der Waals surface area contributed by atoms with Crippen LogP contribution in [0.4, 0.5) is 0 Å². The monoisotopic (exact) mass is 2200 g/mol. The number of hydrogen-bond donors (Lipinski definition) is 20. The summed E-state index contributed by atoms with van der Waals surface area (Å²) < 4.78 is 0. The molecule has 4 heterocycles. The fourth-order valence-corrected chi connectivity index (χ4v) is 16.3. The molecule has 0 spiro atoms. The SMILES string of the molecule is N=C(N)CCCC[C@@H]1NC(=O)C(CCCCNC2=CC(=O)N(CC3CCC(C(=O)C[C@@H](CCCCNC(=O)CN4CCN(CC(=O)O)CCN(CC(=O)O)CCN(CC(=O)O)CC4)C(=O)N[C@@H](CCCCNC(=O)CN4CCN(CC(=O)O)CCN(CC(=O)O)CCN(CC(=O)O)CC4)C(N)=O)CC3)C2=O)NC(=O)[C@@H](Cc2ccc(O)cc2)NC(=O)[C@H](CC(=O)O)NC(=O)CNC1=O.[Gd].[Gd]. The number of ketones is 1. The first-order valence-electron chi connectivity index (χ1n) is 45.1. The van der Waals surface area contributed by atoms with Crippen molar-refractivity contribution in [1.29, 1.82) is 5.41 Å². The molecule has 4 fully saturated rings. The summed E-state index contributed by atoms with van der Waals surface area (Å²) in [5.74, 6) is -18.8. The summed E-state index contributed by atoms with van der Waals surface area (Å²) in [4.78, 5) is 263. The molecule has 1 aromatic carbocycles. The average molecular weight is 2200 g/mol. The van der Waals surface area contributed by atoms with Crippen molar-refractivity contribution in [2.24, 2.45) is 29.2 Å². The molecule has 50 heteroatoms. The van der Waals surface area contributed by atoms with Gasteiger partial charge >= 0.3 is 41.8 Å². The van der Waals surface area contributed by atoms with Crippen molar-refractivity contribution in [3.05, 3.63) is 41.6 Å². The Kier molecular flexibility index (Phi) is 55.3. The van der Waals surface area contributed by atoms with Gasteiger partial charge in [-0.2, -0.15) is 0 Å². The number of rotatable bonds is 49. The van der Waals surface area contributed by atoms with Crippen molar-refractivity contribution in [2.75, 3.05) is 190 Å². The first kappa shape index (κ1) is 118. The number of carbonyl (C=O) groups excluding carboxylic acids is 12. The van der Waals surface area contributed by atoms with Gasteiger partial charge in [-0.1, -0.05) is 25.0 Å². The van der Waals surface area contributed by atoms with Crippen molar-refractivity contribution in [2.45, 2.75) is 159 Å². The molecule has 0 bridgehead atoms. The van der Waals surface area contributed by atoms with E-state index >= 15 is 0 Å². The number of carbonyl (C=O) groups is 19. The zero-order valence-corrected chi connectivity index (χ0v) is 80.4. The number of hydrogen-bond acceptors (Lipinski definition) is 30. The third kappa shape index (κ3) is 47.5. The molecule has 756 valence electrons. The minimum absolute atomic E-state index is 0. The van der Waals surface area contributed by atoms with E-state index in [0.717, 1.165) is 11.0 Å². The van der Waals surface area contributed by atoms with Crippen LogP contribution in [0.1, 0.15) is 128 Å². The minimum atomic E-state index is -1.74. The molecular formula is C85H133Gd2N21O27. The number of phenolic OH excluding ortho intramolecular Hbond substituents is 1. The fraction of sp³-hybridized carbons (Fsp3) is 0.671. The zero-order chi connectivity index (χ0) is 97.6. The second-order valence-electron chi connectivity index (χ2n) is 34.3. The smallest absolute Gasteiger partial charge is 0.317 e. The van der Waals surface area contributed by atoms with Crippen molar-refractivity contribution < 1.29 is 212 Å². The summed E-state index contributed by atoms with van der Waals surface area (Å²) in [5.41, 5.74) is 11.8. The molecule has 1 unspecified atom stereocenters. The quantitative estimate of drug-likeness (QED) is 0.0125. The maximum Gasteiger partial charge on any atom is 0.317 e. The number of benzene rings is 1. The Morgan fingerprint density at radius 3 is 1.27 bits per heavy atom. The molecule has 1 saturated carbocycles. The summed E-state index contributed by atoms with van der Waals surface area (Å²) in [7, 11) is 0. The third-order valence-electron chi connectivity index (χ3n) is 23.7. The summed E-state index contributed by atoms with van der Waals surface area (Å²) in [6.45, 7) is -0.116. The number of Topliss-reactive ketones (excluding diaryl/α,β-unsaturated/α-hetero) is 1. The van der Waals surface area contributed by atoms with E-state index in [-0.39, 0.29) is 369 Å². The van der Waals surface area contributed by atoms with Crippen molar-refractivity contribution in [3.8, 4) is 5.75 Å². The molecule has 11 amide bonds. The first-order valence-corrected chi connectivity index (χ1v) is 45.1. The Bertz CT molecular complexity index is 4140. The Hall–Kier alpha value is -9.31. The molecule has 6 atom stereocenters. The largest absolute Gasteiger partial charge is 0.508 e. The predicted octanol–water partition coefficient (Wildman–Crippen LogP) is -6.14. The maximum atomic E-state index is 14.5. The van der Waals surface area contributed by atoms with Crippen LogP contribution in [-0.4, -0.2) is 423 Å². The number of primary amides is 1. The Morgan fingerprint density at radius 1 is 0.452 bits per heavy atom. The van der Waals surface area contributed by atoms with E-state index < -0.39 is 162 Å². The van der Waals surface area contributed by atoms with Crippen LogP contribution in [0.3, 0.4) is 0 Å². The van der Waals surface area contributed by atoms with E-state index in [0.29, 0.717) is 50.5 Å². The maximum absolute atomic E-state index is 14.5. The van der Waals surface area contributed by atoms with Gasteiger partial charge in [0.25, 0.3) is 11.8 Å². The standard InChI is InChI=1S/C85H133N21O27.2Gd/c86-67(87)13-2-1-11-61-81(129)92-45-68(109)93-64(44-72(113)114)84(132)97-63(41-55-16-20-59(107)21-17-55)83(131)96-62(82(130)95-61)12-5-7-22-89-65-43-71(112)106(85(65)133)46-56-14-18-57(19-15-56)66(108)42-58(9-3-6-23-90-69(110)47-98-25-29-100(49-73(115)116)33-37-104(53-77(123)124)38-34-101(30-26-98)50-74(117)118)80(128)94-60(79(88)127)10-4-8-24-91-70(111)48-99-27-31-102(51-75(119)120)35-39-105(54-78(125)126)40-36-103(32-28-99)52-76(121)122;;/h16-17,20-21,43,56-58,60-64,89,107H,1-15,18-19,22-42,44-54H2,(H3,86,87)(H2,88,127)(H,90,110)(H,91,111)(H,92,129)(H,93,109)(H,94,128)(H,95,130)(H,96,131)(H,97,132)(H,113,114)(H,115,116)(H,117,118)(H,119,120)(H,121,122)(H,123,124)(H,125,126);;/t56?,57?,58-,60+,61+,62?,63-,64+;;/m1../s1. The van der Waals surface area contributed by atoms with Gasteiger partial charge in [0.2, 0.25) is 53.2 Å². The topological polar surface area (TPSA) is 699 Å².